The zero-order valence-corrected chi connectivity index (χ0v) is 11.7. The van der Waals surface area contributed by atoms with E-state index in [9.17, 15) is 0 Å². The van der Waals surface area contributed by atoms with Crippen molar-refractivity contribution in [2.45, 2.75) is 6.92 Å². The van der Waals surface area contributed by atoms with E-state index in [-0.39, 0.29) is 0 Å². The Bertz CT molecular complexity index is 304. The van der Waals surface area contributed by atoms with Gasteiger partial charge in [0.2, 0.25) is 0 Å². The summed E-state index contributed by atoms with van der Waals surface area (Å²) >= 11 is 12.5. The molecule has 1 unspecified atom stereocenters. The Morgan fingerprint density at radius 3 is 2.71 bits per heavy atom. The molecule has 1 aromatic carbocycles. The highest BCUT2D eigenvalue weighted by Crippen LogP contribution is 2.28. The van der Waals surface area contributed by atoms with Gasteiger partial charge in [0.25, 0.3) is 0 Å². The molecule has 14 heavy (non-hydrogen) atoms. The second-order valence-electron chi connectivity index (χ2n) is 3.15. The molecule has 0 radical (unpaired) electrons. The van der Waals surface area contributed by atoms with Crippen LogP contribution in [0.5, 0.6) is 5.75 Å². The molecule has 0 aliphatic heterocycles. The van der Waals surface area contributed by atoms with E-state index in [4.69, 9.17) is 16.3 Å². The topological polar surface area (TPSA) is 9.23 Å². The third kappa shape index (κ3) is 3.79. The van der Waals surface area contributed by atoms with Crippen molar-refractivity contribution in [1.29, 1.82) is 0 Å². The summed E-state index contributed by atoms with van der Waals surface area (Å²) in [6, 6.07) is 5.83. The summed E-state index contributed by atoms with van der Waals surface area (Å²) in [7, 11) is 0. The maximum atomic E-state index is 5.68. The van der Waals surface area contributed by atoms with Gasteiger partial charge >= 0.3 is 0 Å². The molecule has 0 spiro atoms. The van der Waals surface area contributed by atoms with Crippen molar-refractivity contribution in [1.82, 2.24) is 0 Å². The predicted octanol–water partition coefficient (Wildman–Crippen LogP) is 4.47. The molecule has 4 heteroatoms. The maximum absolute atomic E-state index is 5.68. The summed E-state index contributed by atoms with van der Waals surface area (Å²) in [4.78, 5) is 0. The zero-order chi connectivity index (χ0) is 10.6. The average molecular weight is 342 g/mol. The lowest BCUT2D eigenvalue weighted by atomic mass is 10.2. The molecule has 0 saturated carbocycles. The van der Waals surface area contributed by atoms with E-state index in [1.807, 2.05) is 18.2 Å². The van der Waals surface area contributed by atoms with E-state index in [0.717, 1.165) is 14.7 Å². The van der Waals surface area contributed by atoms with E-state index >= 15 is 0 Å². The second-order valence-corrected chi connectivity index (χ2v) is 5.22. The highest BCUT2D eigenvalue weighted by Gasteiger charge is 2.04. The van der Waals surface area contributed by atoms with Crippen molar-refractivity contribution in [3.63, 3.8) is 0 Å². The summed E-state index contributed by atoms with van der Waals surface area (Å²) < 4.78 is 7.57. The van der Waals surface area contributed by atoms with Crippen molar-refractivity contribution in [2.24, 2.45) is 5.92 Å². The number of rotatable bonds is 4. The number of hydrogen-bond acceptors (Lipinski definition) is 1. The Hall–Kier alpha value is 0.270. The SMILES string of the molecule is CC(CCl)COc1ccc(Br)cc1Br. The van der Waals surface area contributed by atoms with E-state index in [1.165, 1.54) is 0 Å². The number of alkyl halides is 1. The fourth-order valence-corrected chi connectivity index (χ4v) is 2.12. The lowest BCUT2D eigenvalue weighted by Crippen LogP contribution is -2.09. The van der Waals surface area contributed by atoms with Gasteiger partial charge in [-0.3, -0.25) is 0 Å². The van der Waals surface area contributed by atoms with Gasteiger partial charge in [-0.25, -0.2) is 0 Å². The molecule has 1 aromatic rings. The van der Waals surface area contributed by atoms with Crippen LogP contribution in [0.15, 0.2) is 27.1 Å². The minimum absolute atomic E-state index is 0.368. The summed E-state index contributed by atoms with van der Waals surface area (Å²) in [6.07, 6.45) is 0. The first-order valence-electron chi connectivity index (χ1n) is 4.27. The molecule has 0 amide bonds. The van der Waals surface area contributed by atoms with Gasteiger partial charge in [-0.2, -0.15) is 0 Å². The van der Waals surface area contributed by atoms with Gasteiger partial charge in [-0.1, -0.05) is 22.9 Å². The van der Waals surface area contributed by atoms with Crippen molar-refractivity contribution in [3.8, 4) is 5.75 Å². The summed E-state index contributed by atoms with van der Waals surface area (Å²) in [5, 5.41) is 0. The van der Waals surface area contributed by atoms with E-state index in [2.05, 4.69) is 38.8 Å². The largest absolute Gasteiger partial charge is 0.492 e. The smallest absolute Gasteiger partial charge is 0.133 e. The third-order valence-corrected chi connectivity index (χ3v) is 3.32. The molecular weight excluding hydrogens is 331 g/mol. The third-order valence-electron chi connectivity index (χ3n) is 1.68. The first-order valence-corrected chi connectivity index (χ1v) is 6.39. The standard InChI is InChI=1S/C10H11Br2ClO/c1-7(5-13)6-14-10-3-2-8(11)4-9(10)12/h2-4,7H,5-6H2,1H3. The Balaban J connectivity index is 2.59. The van der Waals surface area contributed by atoms with Gasteiger partial charge in [-0.05, 0) is 34.1 Å². The van der Waals surface area contributed by atoms with Crippen LogP contribution in [0, 0.1) is 5.92 Å². The monoisotopic (exact) mass is 340 g/mol. The molecule has 1 rings (SSSR count). The van der Waals surface area contributed by atoms with Crippen LogP contribution in [0.2, 0.25) is 0 Å². The van der Waals surface area contributed by atoms with Crippen molar-refractivity contribution >= 4 is 43.5 Å². The highest BCUT2D eigenvalue weighted by atomic mass is 79.9. The second kappa shape index (κ2) is 5.99. The molecule has 0 heterocycles. The average Bonchev–Trinajstić information content (AvgIpc) is 2.16. The molecule has 0 aliphatic rings. The predicted molar refractivity (Wildman–Crippen MR) is 67.2 cm³/mol. The number of benzene rings is 1. The molecule has 1 atom stereocenters. The minimum Gasteiger partial charge on any atom is -0.492 e. The fraction of sp³-hybridized carbons (Fsp3) is 0.400. The molecular formula is C10H11Br2ClO. The Kier molecular flexibility index (Phi) is 5.28. The first kappa shape index (κ1) is 12.3. The van der Waals surface area contributed by atoms with Crippen LogP contribution in [0.4, 0.5) is 0 Å². The number of ether oxygens (including phenoxy) is 1. The van der Waals surface area contributed by atoms with Gasteiger partial charge < -0.3 is 4.74 Å². The van der Waals surface area contributed by atoms with Crippen LogP contribution >= 0.6 is 43.5 Å². The zero-order valence-electron chi connectivity index (χ0n) is 7.77. The molecule has 0 aliphatic carbocycles. The molecule has 0 N–H and O–H groups in total. The van der Waals surface area contributed by atoms with Gasteiger partial charge in [0.1, 0.15) is 5.75 Å². The van der Waals surface area contributed by atoms with Crippen LogP contribution < -0.4 is 4.74 Å². The number of halogens is 3. The van der Waals surface area contributed by atoms with Crippen LogP contribution in [-0.4, -0.2) is 12.5 Å². The summed E-state index contributed by atoms with van der Waals surface area (Å²) in [5.41, 5.74) is 0. The van der Waals surface area contributed by atoms with Gasteiger partial charge in [-0.15, -0.1) is 11.6 Å². The lowest BCUT2D eigenvalue weighted by molar-refractivity contribution is 0.271. The Labute approximate surface area is 106 Å². The van der Waals surface area contributed by atoms with Crippen LogP contribution in [-0.2, 0) is 0 Å². The molecule has 78 valence electrons. The lowest BCUT2D eigenvalue weighted by Gasteiger charge is -2.11. The first-order chi connectivity index (χ1) is 6.63. The number of hydrogen-bond donors (Lipinski definition) is 0. The highest BCUT2D eigenvalue weighted by molar-refractivity contribution is 9.11. The van der Waals surface area contributed by atoms with Gasteiger partial charge in [0.15, 0.2) is 0 Å². The van der Waals surface area contributed by atoms with E-state index in [0.29, 0.717) is 18.4 Å². The van der Waals surface area contributed by atoms with Crippen molar-refractivity contribution in [2.75, 3.05) is 12.5 Å². The van der Waals surface area contributed by atoms with E-state index in [1.54, 1.807) is 0 Å². The Morgan fingerprint density at radius 1 is 1.43 bits per heavy atom. The molecule has 0 bridgehead atoms. The molecule has 0 aromatic heterocycles. The Morgan fingerprint density at radius 2 is 2.14 bits per heavy atom. The summed E-state index contributed by atoms with van der Waals surface area (Å²) in [5.74, 6) is 1.84. The van der Waals surface area contributed by atoms with E-state index < -0.39 is 0 Å². The molecule has 0 fully saturated rings. The fourth-order valence-electron chi connectivity index (χ4n) is 0.869. The molecule has 0 saturated heterocycles. The minimum atomic E-state index is 0.368. The van der Waals surface area contributed by atoms with Crippen molar-refractivity contribution < 1.29 is 4.74 Å². The maximum Gasteiger partial charge on any atom is 0.133 e. The normalized spacial score (nSPS) is 12.6. The summed E-state index contributed by atoms with van der Waals surface area (Å²) in [6.45, 7) is 2.70. The molecule has 1 nitrogen and oxygen atoms in total. The van der Waals surface area contributed by atoms with Crippen LogP contribution in [0.25, 0.3) is 0 Å². The quantitative estimate of drug-likeness (QED) is 0.734. The van der Waals surface area contributed by atoms with Crippen LogP contribution in [0.1, 0.15) is 6.92 Å². The van der Waals surface area contributed by atoms with Gasteiger partial charge in [0, 0.05) is 16.3 Å². The van der Waals surface area contributed by atoms with Gasteiger partial charge in [0.05, 0.1) is 11.1 Å². The van der Waals surface area contributed by atoms with Crippen LogP contribution in [0.3, 0.4) is 0 Å². The van der Waals surface area contributed by atoms with Crippen molar-refractivity contribution in [3.05, 3.63) is 27.1 Å².